The summed E-state index contributed by atoms with van der Waals surface area (Å²) in [5.74, 6) is 1.92. The maximum Gasteiger partial charge on any atom is 0.226 e. The van der Waals surface area contributed by atoms with Crippen molar-refractivity contribution in [3.8, 4) is 0 Å². The average molecular weight is 286 g/mol. The number of halogens is 1. The molecule has 2 heterocycles. The summed E-state index contributed by atoms with van der Waals surface area (Å²) in [4.78, 5) is 17.7. The molecule has 2 rings (SSSR count). The molecule has 0 radical (unpaired) electrons. The zero-order valence-electron chi connectivity index (χ0n) is 10.6. The minimum atomic E-state index is 0.230. The number of rotatable bonds is 5. The Labute approximate surface area is 115 Å². The second kappa shape index (κ2) is 5.75. The van der Waals surface area contributed by atoms with E-state index in [1.807, 2.05) is 18.8 Å². The lowest BCUT2D eigenvalue weighted by Gasteiger charge is -2.26. The third kappa shape index (κ3) is 2.70. The molecular formula is C11H16ClN5S. The fraction of sp³-hybridized carbons (Fsp3) is 0.545. The van der Waals surface area contributed by atoms with Crippen LogP contribution >= 0.6 is 23.4 Å². The van der Waals surface area contributed by atoms with Gasteiger partial charge in [0.2, 0.25) is 5.28 Å². The first-order valence-electron chi connectivity index (χ1n) is 5.72. The molecule has 0 fully saturated rings. The van der Waals surface area contributed by atoms with Crippen molar-refractivity contribution in [1.29, 1.82) is 0 Å². The molecule has 5 nitrogen and oxygen atoms in total. The summed E-state index contributed by atoms with van der Waals surface area (Å²) in [5, 5.41) is 0.230. The van der Waals surface area contributed by atoms with Crippen LogP contribution in [0.3, 0.4) is 0 Å². The SMILES string of the molecule is CSCCC(C)N(C)c1nc(Cl)nc2nc[nH]c12. The van der Waals surface area contributed by atoms with Gasteiger partial charge in [-0.05, 0) is 37.0 Å². The van der Waals surface area contributed by atoms with E-state index in [-0.39, 0.29) is 5.28 Å². The summed E-state index contributed by atoms with van der Waals surface area (Å²) in [5.41, 5.74) is 1.44. The van der Waals surface area contributed by atoms with E-state index >= 15 is 0 Å². The van der Waals surface area contributed by atoms with Gasteiger partial charge < -0.3 is 9.88 Å². The number of nitrogens with one attached hydrogen (secondary N) is 1. The van der Waals surface area contributed by atoms with Gasteiger partial charge in [0.05, 0.1) is 6.33 Å². The van der Waals surface area contributed by atoms with Gasteiger partial charge in [0.25, 0.3) is 0 Å². The Morgan fingerprint density at radius 3 is 3.00 bits per heavy atom. The third-order valence-electron chi connectivity index (χ3n) is 2.97. The Morgan fingerprint density at radius 2 is 2.28 bits per heavy atom. The number of hydrogen-bond acceptors (Lipinski definition) is 5. The van der Waals surface area contributed by atoms with Crippen LogP contribution in [0, 0.1) is 0 Å². The Kier molecular flexibility index (Phi) is 4.29. The van der Waals surface area contributed by atoms with Gasteiger partial charge in [0, 0.05) is 13.1 Å². The molecule has 7 heteroatoms. The van der Waals surface area contributed by atoms with E-state index in [1.165, 1.54) is 0 Å². The standard InChI is InChI=1S/C11H16ClN5S/c1-7(4-5-18-3)17(2)10-8-9(14-6-13-8)15-11(12)16-10/h6-7H,4-5H2,1-3H3,(H,13,14,15,16). The molecule has 0 aliphatic rings. The van der Waals surface area contributed by atoms with Crippen LogP contribution in [-0.2, 0) is 0 Å². The smallest absolute Gasteiger partial charge is 0.226 e. The van der Waals surface area contributed by atoms with Gasteiger partial charge >= 0.3 is 0 Å². The first-order chi connectivity index (χ1) is 8.63. The van der Waals surface area contributed by atoms with Crippen LogP contribution in [0.4, 0.5) is 5.82 Å². The predicted octanol–water partition coefficient (Wildman–Crippen LogP) is 2.58. The maximum absolute atomic E-state index is 5.93. The molecule has 1 N–H and O–H groups in total. The van der Waals surface area contributed by atoms with Crippen molar-refractivity contribution >= 4 is 40.3 Å². The zero-order valence-corrected chi connectivity index (χ0v) is 12.2. The number of aromatic amines is 1. The number of fused-ring (bicyclic) bond motifs is 1. The summed E-state index contributed by atoms with van der Waals surface area (Å²) in [6.45, 7) is 2.18. The predicted molar refractivity (Wildman–Crippen MR) is 77.6 cm³/mol. The van der Waals surface area contributed by atoms with Crippen molar-refractivity contribution in [2.45, 2.75) is 19.4 Å². The van der Waals surface area contributed by atoms with Crippen molar-refractivity contribution < 1.29 is 0 Å². The summed E-state index contributed by atoms with van der Waals surface area (Å²) < 4.78 is 0. The van der Waals surface area contributed by atoms with Crippen LogP contribution in [0.1, 0.15) is 13.3 Å². The first kappa shape index (κ1) is 13.4. The summed E-state index contributed by atoms with van der Waals surface area (Å²) >= 11 is 7.77. The minimum Gasteiger partial charge on any atom is -0.355 e. The lowest BCUT2D eigenvalue weighted by atomic mass is 10.2. The van der Waals surface area contributed by atoms with Crippen molar-refractivity contribution in [3.05, 3.63) is 11.6 Å². The second-order valence-corrected chi connectivity index (χ2v) is 5.48. The van der Waals surface area contributed by atoms with E-state index in [0.29, 0.717) is 11.7 Å². The lowest BCUT2D eigenvalue weighted by Crippen LogP contribution is -2.30. The Balaban J connectivity index is 2.31. The third-order valence-corrected chi connectivity index (χ3v) is 3.79. The van der Waals surface area contributed by atoms with E-state index in [9.17, 15) is 0 Å². The van der Waals surface area contributed by atoms with Gasteiger partial charge in [0.1, 0.15) is 5.52 Å². The van der Waals surface area contributed by atoms with Gasteiger partial charge in [-0.1, -0.05) is 0 Å². The number of hydrogen-bond donors (Lipinski definition) is 1. The molecule has 0 aromatic carbocycles. The maximum atomic E-state index is 5.93. The van der Waals surface area contributed by atoms with Crippen LogP contribution in [0.5, 0.6) is 0 Å². The van der Waals surface area contributed by atoms with Crippen molar-refractivity contribution in [2.75, 3.05) is 24.0 Å². The molecule has 1 atom stereocenters. The fourth-order valence-electron chi connectivity index (χ4n) is 1.74. The van der Waals surface area contributed by atoms with Crippen LogP contribution in [0.15, 0.2) is 6.33 Å². The Morgan fingerprint density at radius 1 is 1.50 bits per heavy atom. The van der Waals surface area contributed by atoms with Crippen LogP contribution in [0.25, 0.3) is 11.2 Å². The Hall–Kier alpha value is -1.01. The Bertz CT molecular complexity index is 529. The van der Waals surface area contributed by atoms with E-state index in [2.05, 4.69) is 38.0 Å². The highest BCUT2D eigenvalue weighted by molar-refractivity contribution is 7.98. The molecule has 0 aliphatic carbocycles. The molecule has 98 valence electrons. The monoisotopic (exact) mass is 285 g/mol. The minimum absolute atomic E-state index is 0.230. The highest BCUT2D eigenvalue weighted by Gasteiger charge is 2.17. The molecule has 0 amide bonds. The number of nitrogens with zero attached hydrogens (tertiary/aromatic N) is 4. The van der Waals surface area contributed by atoms with Crippen LogP contribution < -0.4 is 4.90 Å². The van der Waals surface area contributed by atoms with E-state index in [1.54, 1.807) is 6.33 Å². The van der Waals surface area contributed by atoms with E-state index < -0.39 is 0 Å². The number of H-pyrrole nitrogens is 1. The molecule has 0 aliphatic heterocycles. The number of anilines is 1. The van der Waals surface area contributed by atoms with Gasteiger partial charge in [-0.25, -0.2) is 4.98 Å². The van der Waals surface area contributed by atoms with Crippen molar-refractivity contribution in [3.63, 3.8) is 0 Å². The molecule has 0 bridgehead atoms. The largest absolute Gasteiger partial charge is 0.355 e. The van der Waals surface area contributed by atoms with Crippen LogP contribution in [-0.4, -0.2) is 45.0 Å². The normalized spacial score (nSPS) is 12.9. The van der Waals surface area contributed by atoms with Crippen molar-refractivity contribution in [2.24, 2.45) is 0 Å². The van der Waals surface area contributed by atoms with Gasteiger partial charge in [-0.15, -0.1) is 0 Å². The van der Waals surface area contributed by atoms with Gasteiger partial charge in [0.15, 0.2) is 11.5 Å². The zero-order chi connectivity index (χ0) is 13.1. The molecule has 0 saturated carbocycles. The number of thioether (sulfide) groups is 1. The molecule has 18 heavy (non-hydrogen) atoms. The second-order valence-electron chi connectivity index (χ2n) is 4.16. The highest BCUT2D eigenvalue weighted by Crippen LogP contribution is 2.24. The quantitative estimate of drug-likeness (QED) is 0.856. The lowest BCUT2D eigenvalue weighted by molar-refractivity contribution is 0.663. The first-order valence-corrected chi connectivity index (χ1v) is 7.49. The molecule has 2 aromatic rings. The molecular weight excluding hydrogens is 270 g/mol. The van der Waals surface area contributed by atoms with Gasteiger partial charge in [-0.3, -0.25) is 0 Å². The topological polar surface area (TPSA) is 57.7 Å². The fourth-order valence-corrected chi connectivity index (χ4v) is 2.48. The summed E-state index contributed by atoms with van der Waals surface area (Å²) in [7, 11) is 2.02. The highest BCUT2D eigenvalue weighted by atomic mass is 35.5. The molecule has 1 unspecified atom stereocenters. The van der Waals surface area contributed by atoms with E-state index in [0.717, 1.165) is 23.5 Å². The molecule has 2 aromatic heterocycles. The number of aromatic nitrogens is 4. The number of imidazole rings is 1. The van der Waals surface area contributed by atoms with Crippen molar-refractivity contribution in [1.82, 2.24) is 19.9 Å². The average Bonchev–Trinajstić information content (AvgIpc) is 2.81. The molecule has 0 spiro atoms. The summed E-state index contributed by atoms with van der Waals surface area (Å²) in [6, 6.07) is 0.384. The van der Waals surface area contributed by atoms with E-state index in [4.69, 9.17) is 11.6 Å². The molecule has 0 saturated heterocycles. The van der Waals surface area contributed by atoms with Gasteiger partial charge in [-0.2, -0.15) is 21.7 Å². The summed E-state index contributed by atoms with van der Waals surface area (Å²) in [6.07, 6.45) is 4.82. The van der Waals surface area contributed by atoms with Crippen LogP contribution in [0.2, 0.25) is 5.28 Å².